The molecule has 0 saturated heterocycles. The highest BCUT2D eigenvalue weighted by Gasteiger charge is 2.19. The molecule has 1 atom stereocenters. The van der Waals surface area contributed by atoms with Gasteiger partial charge in [-0.1, -0.05) is 61.7 Å². The summed E-state index contributed by atoms with van der Waals surface area (Å²) in [6.07, 6.45) is 10.2. The first-order chi connectivity index (χ1) is 19.2. The third-order valence-electron chi connectivity index (χ3n) is 7.34. The van der Waals surface area contributed by atoms with E-state index >= 15 is 0 Å². The first-order valence-electron chi connectivity index (χ1n) is 14.4. The molecule has 7 heteroatoms. The zero-order chi connectivity index (χ0) is 27.1. The van der Waals surface area contributed by atoms with Gasteiger partial charge in [-0.3, -0.25) is 15.1 Å². The molecule has 4 rings (SSSR count). The zero-order valence-corrected chi connectivity index (χ0v) is 22.9. The molecule has 0 spiro atoms. The van der Waals surface area contributed by atoms with Gasteiger partial charge in [-0.2, -0.15) is 0 Å². The van der Waals surface area contributed by atoms with Gasteiger partial charge in [0.1, 0.15) is 5.75 Å². The summed E-state index contributed by atoms with van der Waals surface area (Å²) >= 11 is 0. The molecule has 1 aliphatic rings. The molecule has 0 unspecified atom stereocenters. The second-order valence-electron chi connectivity index (χ2n) is 10.5. The van der Waals surface area contributed by atoms with Crippen LogP contribution in [-0.2, 0) is 30.8 Å². The Labute approximate surface area is 232 Å². The van der Waals surface area contributed by atoms with Crippen LogP contribution in [0, 0.1) is 0 Å². The van der Waals surface area contributed by atoms with Crippen molar-refractivity contribution in [3.63, 3.8) is 0 Å². The van der Waals surface area contributed by atoms with Crippen LogP contribution in [0.4, 0.5) is 0 Å². The number of hydrogen-bond acceptors (Lipinski definition) is 6. The predicted octanol–water partition coefficient (Wildman–Crippen LogP) is 4.21. The third kappa shape index (κ3) is 10.4. The Morgan fingerprint density at radius 2 is 1.56 bits per heavy atom. The summed E-state index contributed by atoms with van der Waals surface area (Å²) in [5.74, 6) is 0.151. The minimum atomic E-state index is -0.423. The fourth-order valence-corrected chi connectivity index (χ4v) is 5.00. The largest absolute Gasteiger partial charge is 0.508 e. The van der Waals surface area contributed by atoms with Crippen LogP contribution in [0.2, 0.25) is 0 Å². The Morgan fingerprint density at radius 3 is 2.28 bits per heavy atom. The second-order valence-corrected chi connectivity index (χ2v) is 10.5. The van der Waals surface area contributed by atoms with Crippen LogP contribution in [-0.4, -0.2) is 41.2 Å². The molecule has 208 valence electrons. The number of phenolic OH excluding ortho intramolecular Hbond substituents is 1. The molecule has 2 aromatic carbocycles. The van der Waals surface area contributed by atoms with Crippen molar-refractivity contribution in [1.82, 2.24) is 26.3 Å². The normalized spacial score (nSPS) is 14.7. The van der Waals surface area contributed by atoms with E-state index in [9.17, 15) is 9.90 Å². The van der Waals surface area contributed by atoms with E-state index in [1.165, 1.54) is 37.7 Å². The van der Waals surface area contributed by atoms with Crippen molar-refractivity contribution in [1.29, 1.82) is 0 Å². The number of aromatic hydroxyl groups is 1. The van der Waals surface area contributed by atoms with Crippen LogP contribution in [0.1, 0.15) is 60.9 Å². The molecule has 0 aliphatic heterocycles. The number of pyridine rings is 1. The van der Waals surface area contributed by atoms with Gasteiger partial charge < -0.3 is 21.1 Å². The molecule has 1 fully saturated rings. The first-order valence-corrected chi connectivity index (χ1v) is 14.4. The van der Waals surface area contributed by atoms with E-state index < -0.39 is 6.04 Å². The summed E-state index contributed by atoms with van der Waals surface area (Å²) in [5.41, 5.74) is 4.17. The monoisotopic (exact) mass is 529 g/mol. The van der Waals surface area contributed by atoms with Crippen molar-refractivity contribution in [3.05, 3.63) is 95.3 Å². The Morgan fingerprint density at radius 1 is 0.846 bits per heavy atom. The Hall–Kier alpha value is -3.26. The Kier molecular flexibility index (Phi) is 11.8. The second kappa shape index (κ2) is 16.0. The maximum absolute atomic E-state index is 13.1. The lowest BCUT2D eigenvalue weighted by molar-refractivity contribution is -0.123. The van der Waals surface area contributed by atoms with Crippen LogP contribution in [0.5, 0.6) is 5.75 Å². The third-order valence-corrected chi connectivity index (χ3v) is 7.34. The molecule has 5 N–H and O–H groups in total. The zero-order valence-electron chi connectivity index (χ0n) is 22.9. The lowest BCUT2D eigenvalue weighted by Crippen LogP contribution is -2.45. The fraction of sp³-hybridized carbons (Fsp3) is 0.438. The van der Waals surface area contributed by atoms with E-state index in [2.05, 4.69) is 50.5 Å². The Bertz CT molecular complexity index is 1100. The van der Waals surface area contributed by atoms with Crippen LogP contribution in [0.3, 0.4) is 0 Å². The molecule has 0 bridgehead atoms. The number of carbonyl (C=O) groups excluding carboxylic acids is 1. The predicted molar refractivity (Wildman–Crippen MR) is 156 cm³/mol. The number of rotatable bonds is 15. The number of benzene rings is 2. The fourth-order valence-electron chi connectivity index (χ4n) is 5.00. The summed E-state index contributed by atoms with van der Waals surface area (Å²) in [7, 11) is 0. The number of carbonyl (C=O) groups is 1. The minimum Gasteiger partial charge on any atom is -0.508 e. The standard InChI is InChI=1S/C32H43N5O2/c38-30-16-14-25(15-17-30)21-31(36-24-29-9-4-5-19-35-29)32(39)37-23-27-12-10-26(11-13-27)22-33-18-6-20-34-28-7-2-1-3-8-28/h4-5,9-17,19,28,31,33-34,36,38H,1-3,6-8,18,20-24H2,(H,37,39)/t31-/m0/s1. The van der Waals surface area contributed by atoms with Crippen molar-refractivity contribution in [2.45, 2.75) is 76.7 Å². The van der Waals surface area contributed by atoms with E-state index in [-0.39, 0.29) is 11.7 Å². The lowest BCUT2D eigenvalue weighted by atomic mass is 9.95. The van der Waals surface area contributed by atoms with Gasteiger partial charge in [0, 0.05) is 31.9 Å². The highest BCUT2D eigenvalue weighted by atomic mass is 16.3. The van der Waals surface area contributed by atoms with Gasteiger partial charge in [-0.15, -0.1) is 0 Å². The summed E-state index contributed by atoms with van der Waals surface area (Å²) in [4.78, 5) is 17.5. The van der Waals surface area contributed by atoms with Crippen molar-refractivity contribution >= 4 is 5.91 Å². The smallest absolute Gasteiger partial charge is 0.237 e. The number of hydrogen-bond donors (Lipinski definition) is 5. The average Bonchev–Trinajstić information content (AvgIpc) is 2.98. The molecule has 0 radical (unpaired) electrons. The topological polar surface area (TPSA) is 98.3 Å². The Balaban J connectivity index is 1.19. The summed E-state index contributed by atoms with van der Waals surface area (Å²) in [5, 5.41) is 23.3. The molecule has 7 nitrogen and oxygen atoms in total. The van der Waals surface area contributed by atoms with E-state index in [1.54, 1.807) is 18.3 Å². The SMILES string of the molecule is O=C(NCc1ccc(CNCCCNC2CCCCC2)cc1)[C@H](Cc1ccc(O)cc1)NCc1ccccn1. The van der Waals surface area contributed by atoms with E-state index in [0.717, 1.165) is 48.9 Å². The molecular weight excluding hydrogens is 486 g/mol. The number of nitrogens with zero attached hydrogens (tertiary/aromatic N) is 1. The van der Waals surface area contributed by atoms with Crippen molar-refractivity contribution < 1.29 is 9.90 Å². The van der Waals surface area contributed by atoms with Crippen LogP contribution >= 0.6 is 0 Å². The quantitative estimate of drug-likeness (QED) is 0.189. The van der Waals surface area contributed by atoms with E-state index in [4.69, 9.17) is 0 Å². The van der Waals surface area contributed by atoms with Gasteiger partial charge in [0.15, 0.2) is 0 Å². The van der Waals surface area contributed by atoms with Crippen LogP contribution in [0.15, 0.2) is 72.9 Å². The molecular formula is C32H43N5O2. The van der Waals surface area contributed by atoms with E-state index in [0.29, 0.717) is 19.5 Å². The highest BCUT2D eigenvalue weighted by molar-refractivity contribution is 5.82. The molecule has 39 heavy (non-hydrogen) atoms. The number of nitrogens with one attached hydrogen (secondary N) is 4. The molecule has 1 heterocycles. The van der Waals surface area contributed by atoms with Crippen molar-refractivity contribution in [2.75, 3.05) is 13.1 Å². The van der Waals surface area contributed by atoms with Gasteiger partial charge in [-0.05, 0) is 79.7 Å². The molecule has 3 aromatic rings. The van der Waals surface area contributed by atoms with Gasteiger partial charge in [-0.25, -0.2) is 0 Å². The molecule has 1 saturated carbocycles. The number of aromatic nitrogens is 1. The van der Waals surface area contributed by atoms with Gasteiger partial charge in [0.2, 0.25) is 5.91 Å². The lowest BCUT2D eigenvalue weighted by Gasteiger charge is -2.22. The number of phenols is 1. The van der Waals surface area contributed by atoms with Crippen molar-refractivity contribution in [3.8, 4) is 5.75 Å². The average molecular weight is 530 g/mol. The maximum atomic E-state index is 13.1. The van der Waals surface area contributed by atoms with E-state index in [1.807, 2.05) is 30.3 Å². The van der Waals surface area contributed by atoms with Crippen LogP contribution < -0.4 is 21.3 Å². The highest BCUT2D eigenvalue weighted by Crippen LogP contribution is 2.17. The molecule has 1 amide bonds. The first kappa shape index (κ1) is 28.7. The number of amides is 1. The van der Waals surface area contributed by atoms with Crippen LogP contribution in [0.25, 0.3) is 0 Å². The van der Waals surface area contributed by atoms with Gasteiger partial charge in [0.05, 0.1) is 11.7 Å². The molecule has 1 aliphatic carbocycles. The van der Waals surface area contributed by atoms with Gasteiger partial charge >= 0.3 is 0 Å². The summed E-state index contributed by atoms with van der Waals surface area (Å²) in [6.45, 7) is 3.90. The summed E-state index contributed by atoms with van der Waals surface area (Å²) in [6, 6.07) is 21.5. The van der Waals surface area contributed by atoms with Crippen molar-refractivity contribution in [2.24, 2.45) is 0 Å². The molecule has 1 aromatic heterocycles. The minimum absolute atomic E-state index is 0.0633. The summed E-state index contributed by atoms with van der Waals surface area (Å²) < 4.78 is 0. The van der Waals surface area contributed by atoms with Gasteiger partial charge in [0.25, 0.3) is 0 Å². The maximum Gasteiger partial charge on any atom is 0.237 e.